The second-order valence-electron chi connectivity index (χ2n) is 14.5. The van der Waals surface area contributed by atoms with Crippen LogP contribution in [-0.2, 0) is 0 Å². The van der Waals surface area contributed by atoms with Crippen LogP contribution in [0.4, 0.5) is 22.7 Å². The number of hydrogen-bond acceptors (Lipinski definition) is 4. The van der Waals surface area contributed by atoms with Gasteiger partial charge in [-0.05, 0) is 83.3 Å². The Hall–Kier alpha value is -6.78. The van der Waals surface area contributed by atoms with Crippen molar-refractivity contribution in [3.05, 3.63) is 199 Å². The molecule has 0 bridgehead atoms. The summed E-state index contributed by atoms with van der Waals surface area (Å²) >= 11 is 0. The molecule has 0 saturated carbocycles. The van der Waals surface area contributed by atoms with Crippen LogP contribution in [0.15, 0.2) is 188 Å². The van der Waals surface area contributed by atoms with Crippen LogP contribution >= 0.6 is 0 Å². The summed E-state index contributed by atoms with van der Waals surface area (Å²) in [5.74, 6) is 1.05. The summed E-state index contributed by atoms with van der Waals surface area (Å²) in [5.41, 5.74) is 15.4. The van der Waals surface area contributed by atoms with E-state index in [9.17, 15) is 0 Å². The predicted molar refractivity (Wildman–Crippen MR) is 223 cm³/mol. The summed E-state index contributed by atoms with van der Waals surface area (Å²) in [4.78, 5) is 15.3. The molecule has 0 amide bonds. The molecule has 4 aliphatic rings. The second-order valence-corrected chi connectivity index (χ2v) is 14.5. The lowest BCUT2D eigenvalue weighted by Gasteiger charge is -2.29. The molecule has 0 saturated heterocycles. The van der Waals surface area contributed by atoms with Crippen molar-refractivity contribution in [1.82, 2.24) is 9.97 Å². The van der Waals surface area contributed by atoms with Crippen molar-refractivity contribution in [3.8, 4) is 33.8 Å². The van der Waals surface area contributed by atoms with Crippen molar-refractivity contribution in [2.75, 3.05) is 9.80 Å². The number of allylic oxidation sites excluding steroid dienone is 4. The highest BCUT2D eigenvalue weighted by Gasteiger charge is 2.38. The Kier molecular flexibility index (Phi) is 7.09. The number of rotatable bonds is 5. The summed E-state index contributed by atoms with van der Waals surface area (Å²) < 4.78 is 0. The zero-order valence-electron chi connectivity index (χ0n) is 29.6. The standard InChI is InChI=1S/C50H36N4/c1-3-14-33(15-4-1)49-41-22-7-10-23-44(41)51-50(52-49)36-16-13-19-38(30-36)54-46-25-12-9-21-40(46)43-32-35(27-29-48(43)54)34-26-28-47-42(31-34)39-20-8-11-24-45(39)53(47)37-17-5-2-6-18-37/h1-24,26-32,39,45-46H,25H2. The highest BCUT2D eigenvalue weighted by Crippen LogP contribution is 2.51. The number of aromatic nitrogens is 2. The third-order valence-corrected chi connectivity index (χ3v) is 11.5. The van der Waals surface area contributed by atoms with Crippen molar-refractivity contribution in [2.24, 2.45) is 0 Å². The van der Waals surface area contributed by atoms with Crippen molar-refractivity contribution >= 4 is 39.2 Å². The average Bonchev–Trinajstić information content (AvgIpc) is 3.76. The van der Waals surface area contributed by atoms with Crippen LogP contribution in [0.3, 0.4) is 0 Å². The van der Waals surface area contributed by atoms with Crippen LogP contribution in [0, 0.1) is 0 Å². The van der Waals surface area contributed by atoms with Crippen LogP contribution in [-0.4, -0.2) is 22.1 Å². The van der Waals surface area contributed by atoms with Crippen LogP contribution < -0.4 is 9.80 Å². The smallest absolute Gasteiger partial charge is 0.160 e. The Bertz CT molecular complexity index is 2720. The minimum atomic E-state index is 0.215. The van der Waals surface area contributed by atoms with Gasteiger partial charge in [-0.3, -0.25) is 0 Å². The molecule has 3 atom stereocenters. The minimum absolute atomic E-state index is 0.215. The molecule has 4 heteroatoms. The molecule has 0 fully saturated rings. The Morgan fingerprint density at radius 1 is 0.537 bits per heavy atom. The van der Waals surface area contributed by atoms with Crippen molar-refractivity contribution in [3.63, 3.8) is 0 Å². The van der Waals surface area contributed by atoms with Crippen LogP contribution in [0.1, 0.15) is 23.5 Å². The van der Waals surface area contributed by atoms with Crippen molar-refractivity contribution in [1.29, 1.82) is 0 Å². The van der Waals surface area contributed by atoms with E-state index in [1.807, 2.05) is 12.1 Å². The maximum atomic E-state index is 5.19. The van der Waals surface area contributed by atoms with Gasteiger partial charge in [0, 0.05) is 50.7 Å². The number of fused-ring (bicyclic) bond motifs is 7. The molecule has 0 N–H and O–H groups in total. The number of para-hydroxylation sites is 2. The van der Waals surface area contributed by atoms with Gasteiger partial charge in [0.05, 0.1) is 23.3 Å². The van der Waals surface area contributed by atoms with Gasteiger partial charge in [-0.25, -0.2) is 9.97 Å². The van der Waals surface area contributed by atoms with Gasteiger partial charge in [-0.15, -0.1) is 0 Å². The average molecular weight is 693 g/mol. The number of hydrogen-bond donors (Lipinski definition) is 0. The first-order valence-electron chi connectivity index (χ1n) is 18.9. The van der Waals surface area contributed by atoms with E-state index in [4.69, 9.17) is 9.97 Å². The normalized spacial score (nSPS) is 19.0. The maximum absolute atomic E-state index is 5.19. The number of nitrogens with zero attached hydrogens (tertiary/aromatic N) is 4. The van der Waals surface area contributed by atoms with Gasteiger partial charge >= 0.3 is 0 Å². The first-order valence-corrected chi connectivity index (χ1v) is 18.9. The van der Waals surface area contributed by atoms with Gasteiger partial charge in [0.15, 0.2) is 5.82 Å². The van der Waals surface area contributed by atoms with E-state index in [2.05, 4.69) is 186 Å². The van der Waals surface area contributed by atoms with Gasteiger partial charge in [-0.2, -0.15) is 0 Å². The molecule has 2 aliphatic carbocycles. The quantitative estimate of drug-likeness (QED) is 0.180. The van der Waals surface area contributed by atoms with Crippen LogP contribution in [0.25, 0.3) is 50.2 Å². The molecule has 0 radical (unpaired) electrons. The summed E-state index contributed by atoms with van der Waals surface area (Å²) in [5, 5.41) is 1.06. The van der Waals surface area contributed by atoms with Gasteiger partial charge in [-0.1, -0.05) is 134 Å². The monoisotopic (exact) mass is 692 g/mol. The van der Waals surface area contributed by atoms with E-state index in [1.165, 1.54) is 44.9 Å². The van der Waals surface area contributed by atoms with Gasteiger partial charge in [0.25, 0.3) is 0 Å². The van der Waals surface area contributed by atoms with Gasteiger partial charge in [0.2, 0.25) is 0 Å². The van der Waals surface area contributed by atoms with Gasteiger partial charge < -0.3 is 9.80 Å². The molecule has 11 rings (SSSR count). The molecule has 3 heterocycles. The molecule has 1 aromatic heterocycles. The fourth-order valence-corrected chi connectivity index (χ4v) is 9.00. The van der Waals surface area contributed by atoms with E-state index in [0.29, 0.717) is 5.92 Å². The summed E-state index contributed by atoms with van der Waals surface area (Å²) in [6.07, 6.45) is 16.8. The molecular weight excluding hydrogens is 657 g/mol. The third-order valence-electron chi connectivity index (χ3n) is 11.5. The van der Waals surface area contributed by atoms with Gasteiger partial charge in [0.1, 0.15) is 0 Å². The molecule has 6 aromatic carbocycles. The van der Waals surface area contributed by atoms with E-state index >= 15 is 0 Å². The lowest BCUT2D eigenvalue weighted by atomic mass is 9.89. The van der Waals surface area contributed by atoms with Crippen LogP contribution in [0.5, 0.6) is 0 Å². The second kappa shape index (κ2) is 12.4. The Labute approximate surface area is 315 Å². The number of benzene rings is 6. The van der Waals surface area contributed by atoms with E-state index in [-0.39, 0.29) is 12.1 Å². The first-order chi connectivity index (χ1) is 26.8. The van der Waals surface area contributed by atoms with Crippen LogP contribution in [0.2, 0.25) is 0 Å². The maximum Gasteiger partial charge on any atom is 0.160 e. The van der Waals surface area contributed by atoms with E-state index < -0.39 is 0 Å². The van der Waals surface area contributed by atoms with Crippen molar-refractivity contribution in [2.45, 2.75) is 24.4 Å². The Balaban J connectivity index is 0.983. The lowest BCUT2D eigenvalue weighted by Crippen LogP contribution is -2.28. The topological polar surface area (TPSA) is 32.3 Å². The van der Waals surface area contributed by atoms with E-state index in [0.717, 1.165) is 45.7 Å². The number of anilines is 4. The Morgan fingerprint density at radius 2 is 1.28 bits per heavy atom. The molecule has 4 nitrogen and oxygen atoms in total. The molecule has 0 spiro atoms. The highest BCUT2D eigenvalue weighted by molar-refractivity contribution is 5.97. The Morgan fingerprint density at radius 3 is 2.17 bits per heavy atom. The highest BCUT2D eigenvalue weighted by atomic mass is 15.2. The lowest BCUT2D eigenvalue weighted by molar-refractivity contribution is 0.745. The fraction of sp³-hybridized carbons (Fsp3) is 0.0800. The zero-order chi connectivity index (χ0) is 35.6. The molecule has 256 valence electrons. The zero-order valence-corrected chi connectivity index (χ0v) is 29.6. The summed E-state index contributed by atoms with van der Waals surface area (Å²) in [6, 6.07) is 52.9. The molecule has 54 heavy (non-hydrogen) atoms. The third kappa shape index (κ3) is 4.91. The minimum Gasteiger partial charge on any atom is -0.333 e. The molecule has 2 aliphatic heterocycles. The molecule has 7 aromatic rings. The first kappa shape index (κ1) is 30.8. The van der Waals surface area contributed by atoms with Crippen molar-refractivity contribution < 1.29 is 0 Å². The predicted octanol–water partition coefficient (Wildman–Crippen LogP) is 12.2. The SMILES string of the molecule is C1=CCC2C(=C1)c1cc(-c3ccc4c(c3)C3C=CC=CC3N4c3ccccc3)ccc1N2c1cccc(-c2nc(-c3ccccc3)c3ccccc3n2)c1. The largest absolute Gasteiger partial charge is 0.333 e. The molecular formula is C50H36N4. The summed E-state index contributed by atoms with van der Waals surface area (Å²) in [6.45, 7) is 0. The fourth-order valence-electron chi connectivity index (χ4n) is 9.00. The van der Waals surface area contributed by atoms with E-state index in [1.54, 1.807) is 0 Å². The summed E-state index contributed by atoms with van der Waals surface area (Å²) in [7, 11) is 0. The molecule has 3 unspecified atom stereocenters.